The van der Waals surface area contributed by atoms with E-state index >= 15 is 0 Å². The molecule has 1 aliphatic heterocycles. The molecule has 0 spiro atoms. The molecule has 0 radical (unpaired) electrons. The Morgan fingerprint density at radius 2 is 2.13 bits per heavy atom. The van der Waals surface area contributed by atoms with Crippen LogP contribution in [0.15, 0.2) is 18.2 Å². The van der Waals surface area contributed by atoms with E-state index in [4.69, 9.17) is 4.74 Å². The van der Waals surface area contributed by atoms with E-state index in [1.54, 1.807) is 20.8 Å². The van der Waals surface area contributed by atoms with Gasteiger partial charge >= 0.3 is 6.09 Å². The molecule has 6 heteroatoms. The first kappa shape index (κ1) is 17.6. The molecule has 128 valence electrons. The number of alkyl carbamates (subject to hydrolysis) is 1. The second-order valence-corrected chi connectivity index (χ2v) is 6.82. The van der Waals surface area contributed by atoms with Crippen LogP contribution in [-0.4, -0.2) is 41.1 Å². The third-order valence-corrected chi connectivity index (χ3v) is 3.65. The lowest BCUT2D eigenvalue weighted by Gasteiger charge is -2.21. The fourth-order valence-corrected chi connectivity index (χ4v) is 2.53. The molecule has 2 atom stereocenters. The summed E-state index contributed by atoms with van der Waals surface area (Å²) >= 11 is 0. The van der Waals surface area contributed by atoms with Crippen LogP contribution in [0, 0.1) is 0 Å². The van der Waals surface area contributed by atoms with Crippen molar-refractivity contribution in [3.63, 3.8) is 0 Å². The summed E-state index contributed by atoms with van der Waals surface area (Å²) in [5.74, 6) is 0. The zero-order chi connectivity index (χ0) is 17.0. The predicted octanol–water partition coefficient (Wildman–Crippen LogP) is 1.96. The molecule has 0 aliphatic carbocycles. The third-order valence-electron chi connectivity index (χ3n) is 3.65. The zero-order valence-corrected chi connectivity index (χ0v) is 13.9. The number of aliphatic hydroxyl groups excluding tert-OH is 2. The highest BCUT2D eigenvalue weighted by atomic mass is 16.6. The Kier molecular flexibility index (Phi) is 5.49. The molecule has 0 bridgehead atoms. The number of aliphatic hydroxyl groups is 2. The van der Waals surface area contributed by atoms with E-state index in [1.165, 1.54) is 0 Å². The fraction of sp³-hybridized carbons (Fsp3) is 0.588. The molecule has 1 aromatic carbocycles. The Morgan fingerprint density at radius 3 is 2.83 bits per heavy atom. The van der Waals surface area contributed by atoms with Crippen molar-refractivity contribution in [3.8, 4) is 0 Å². The molecule has 23 heavy (non-hydrogen) atoms. The molecular weight excluding hydrogens is 296 g/mol. The molecule has 2 rings (SSSR count). The Morgan fingerprint density at radius 1 is 1.39 bits per heavy atom. The SMILES string of the molecule is CC(C)(C)OC(=O)NCCC(O)C(O)c1ccc2c(c1)CCN2. The van der Waals surface area contributed by atoms with E-state index in [9.17, 15) is 15.0 Å². The Balaban J connectivity index is 1.81. The van der Waals surface area contributed by atoms with Crippen molar-refractivity contribution < 1.29 is 19.7 Å². The van der Waals surface area contributed by atoms with Crippen LogP contribution in [0.1, 0.15) is 44.4 Å². The van der Waals surface area contributed by atoms with Crippen LogP contribution in [0.25, 0.3) is 0 Å². The average molecular weight is 322 g/mol. The summed E-state index contributed by atoms with van der Waals surface area (Å²) in [5.41, 5.74) is 2.38. The maximum absolute atomic E-state index is 11.5. The van der Waals surface area contributed by atoms with Crippen molar-refractivity contribution in [2.75, 3.05) is 18.4 Å². The average Bonchev–Trinajstić information content (AvgIpc) is 2.91. The van der Waals surface area contributed by atoms with Gasteiger partial charge in [-0.15, -0.1) is 0 Å². The normalized spacial score (nSPS) is 16.2. The molecular formula is C17H26N2O4. The van der Waals surface area contributed by atoms with Crippen molar-refractivity contribution in [2.24, 2.45) is 0 Å². The number of nitrogens with one attached hydrogen (secondary N) is 2. The number of rotatable bonds is 5. The maximum Gasteiger partial charge on any atom is 0.407 e. The number of carbonyl (C=O) groups excluding carboxylic acids is 1. The maximum atomic E-state index is 11.5. The number of anilines is 1. The molecule has 6 nitrogen and oxygen atoms in total. The van der Waals surface area contributed by atoms with Crippen molar-refractivity contribution in [3.05, 3.63) is 29.3 Å². The van der Waals surface area contributed by atoms with Crippen LogP contribution < -0.4 is 10.6 Å². The van der Waals surface area contributed by atoms with E-state index in [0.717, 1.165) is 24.2 Å². The van der Waals surface area contributed by atoms with Crippen LogP contribution in [-0.2, 0) is 11.2 Å². The van der Waals surface area contributed by atoms with Crippen molar-refractivity contribution in [1.29, 1.82) is 0 Å². The quantitative estimate of drug-likeness (QED) is 0.665. The smallest absolute Gasteiger partial charge is 0.407 e. The molecule has 1 aliphatic rings. The van der Waals surface area contributed by atoms with Gasteiger partial charge in [-0.1, -0.05) is 12.1 Å². The molecule has 1 amide bonds. The first-order valence-electron chi connectivity index (χ1n) is 7.96. The highest BCUT2D eigenvalue weighted by molar-refractivity contribution is 5.67. The Bertz CT molecular complexity index is 554. The number of benzene rings is 1. The lowest BCUT2D eigenvalue weighted by molar-refractivity contribution is 0.0123. The van der Waals surface area contributed by atoms with Gasteiger partial charge in [-0.25, -0.2) is 4.79 Å². The second kappa shape index (κ2) is 7.19. The molecule has 0 saturated carbocycles. The van der Waals surface area contributed by atoms with Crippen LogP contribution >= 0.6 is 0 Å². The van der Waals surface area contributed by atoms with Gasteiger partial charge in [0.2, 0.25) is 0 Å². The second-order valence-electron chi connectivity index (χ2n) is 6.82. The van der Waals surface area contributed by atoms with E-state index in [-0.39, 0.29) is 13.0 Å². The molecule has 2 unspecified atom stereocenters. The summed E-state index contributed by atoms with van der Waals surface area (Å²) in [4.78, 5) is 11.5. The highest BCUT2D eigenvalue weighted by Gasteiger charge is 2.21. The van der Waals surface area contributed by atoms with Crippen molar-refractivity contribution in [1.82, 2.24) is 5.32 Å². The number of amides is 1. The van der Waals surface area contributed by atoms with Crippen LogP contribution in [0.3, 0.4) is 0 Å². The molecule has 1 aromatic rings. The van der Waals surface area contributed by atoms with Gasteiger partial charge in [0.1, 0.15) is 11.7 Å². The van der Waals surface area contributed by atoms with Crippen LogP contribution in [0.5, 0.6) is 0 Å². The van der Waals surface area contributed by atoms with Crippen molar-refractivity contribution in [2.45, 2.75) is 51.4 Å². The van der Waals surface area contributed by atoms with Crippen LogP contribution in [0.4, 0.5) is 10.5 Å². The number of ether oxygens (including phenoxy) is 1. The number of hydrogen-bond acceptors (Lipinski definition) is 5. The van der Waals surface area contributed by atoms with Gasteiger partial charge in [0.25, 0.3) is 0 Å². The summed E-state index contributed by atoms with van der Waals surface area (Å²) in [7, 11) is 0. The first-order valence-corrected chi connectivity index (χ1v) is 7.96. The van der Waals surface area contributed by atoms with Crippen molar-refractivity contribution >= 4 is 11.8 Å². The van der Waals surface area contributed by atoms with Gasteiger partial charge in [-0.05, 0) is 50.8 Å². The Hall–Kier alpha value is -1.79. The van der Waals surface area contributed by atoms with E-state index in [1.807, 2.05) is 18.2 Å². The lowest BCUT2D eigenvalue weighted by atomic mass is 9.99. The van der Waals surface area contributed by atoms with Crippen LogP contribution in [0.2, 0.25) is 0 Å². The first-order chi connectivity index (χ1) is 10.8. The number of hydrogen-bond donors (Lipinski definition) is 4. The summed E-state index contributed by atoms with van der Waals surface area (Å²) in [5, 5.41) is 26.2. The summed E-state index contributed by atoms with van der Waals surface area (Å²) in [6.45, 7) is 6.49. The summed E-state index contributed by atoms with van der Waals surface area (Å²) in [6.07, 6.45) is -1.27. The monoisotopic (exact) mass is 322 g/mol. The van der Waals surface area contributed by atoms with E-state index in [0.29, 0.717) is 5.56 Å². The highest BCUT2D eigenvalue weighted by Crippen LogP contribution is 2.27. The topological polar surface area (TPSA) is 90.8 Å². The van der Waals surface area contributed by atoms with Gasteiger partial charge in [0.05, 0.1) is 6.10 Å². The van der Waals surface area contributed by atoms with Gasteiger partial charge < -0.3 is 25.6 Å². The molecule has 0 fully saturated rings. The zero-order valence-electron chi connectivity index (χ0n) is 13.9. The molecule has 0 aromatic heterocycles. The standard InChI is InChI=1S/C17H26N2O4/c1-17(2,3)23-16(22)19-9-7-14(20)15(21)12-4-5-13-11(10-12)6-8-18-13/h4-5,10,14-15,18,20-21H,6-9H2,1-3H3,(H,19,22). The summed E-state index contributed by atoms with van der Waals surface area (Å²) in [6, 6.07) is 5.66. The Labute approximate surface area is 136 Å². The minimum Gasteiger partial charge on any atom is -0.444 e. The summed E-state index contributed by atoms with van der Waals surface area (Å²) < 4.78 is 5.11. The largest absolute Gasteiger partial charge is 0.444 e. The minimum absolute atomic E-state index is 0.236. The van der Waals surface area contributed by atoms with E-state index < -0.39 is 23.9 Å². The fourth-order valence-electron chi connectivity index (χ4n) is 2.53. The van der Waals surface area contributed by atoms with Gasteiger partial charge in [-0.2, -0.15) is 0 Å². The van der Waals surface area contributed by atoms with Gasteiger partial charge in [0, 0.05) is 18.8 Å². The number of fused-ring (bicyclic) bond motifs is 1. The number of carbonyl (C=O) groups is 1. The molecule has 1 heterocycles. The molecule has 4 N–H and O–H groups in total. The minimum atomic E-state index is -0.971. The van der Waals surface area contributed by atoms with Gasteiger partial charge in [0.15, 0.2) is 0 Å². The third kappa shape index (κ3) is 5.11. The predicted molar refractivity (Wildman–Crippen MR) is 88.5 cm³/mol. The van der Waals surface area contributed by atoms with Gasteiger partial charge in [-0.3, -0.25) is 0 Å². The lowest BCUT2D eigenvalue weighted by Crippen LogP contribution is -2.34. The molecule has 0 saturated heterocycles. The van der Waals surface area contributed by atoms with E-state index in [2.05, 4.69) is 10.6 Å².